The molecule has 1 unspecified atom stereocenters. The molecule has 112 valence electrons. The zero-order chi connectivity index (χ0) is 14.6. The largest absolute Gasteiger partial charge is 0.388 e. The summed E-state index contributed by atoms with van der Waals surface area (Å²) in [7, 11) is 2.01. The Hall–Kier alpha value is -1.13. The summed E-state index contributed by atoms with van der Waals surface area (Å²) in [6.45, 7) is 5.87. The molecule has 0 radical (unpaired) electrons. The lowest BCUT2D eigenvalue weighted by molar-refractivity contribution is 0.0558. The highest BCUT2D eigenvalue weighted by Gasteiger charge is 2.32. The molecular weight excluding hydrogens is 250 g/mol. The van der Waals surface area contributed by atoms with Crippen LogP contribution in [0.2, 0.25) is 0 Å². The van der Waals surface area contributed by atoms with Crippen molar-refractivity contribution in [3.05, 3.63) is 23.9 Å². The first-order valence-corrected chi connectivity index (χ1v) is 7.67. The van der Waals surface area contributed by atoms with E-state index in [1.165, 1.54) is 5.56 Å². The maximum absolute atomic E-state index is 10.5. The second-order valence-corrected chi connectivity index (χ2v) is 6.02. The van der Waals surface area contributed by atoms with Crippen LogP contribution in [0, 0.1) is 0 Å². The summed E-state index contributed by atoms with van der Waals surface area (Å²) in [5.41, 5.74) is 0.676. The van der Waals surface area contributed by atoms with Crippen molar-refractivity contribution in [3.63, 3.8) is 0 Å². The third-order valence-electron chi connectivity index (χ3n) is 4.24. The van der Waals surface area contributed by atoms with E-state index in [0.29, 0.717) is 12.6 Å². The number of nitrogens with one attached hydrogen (secondary N) is 1. The van der Waals surface area contributed by atoms with E-state index in [1.807, 2.05) is 19.3 Å². The lowest BCUT2D eigenvalue weighted by atomic mass is 10.0. The number of aromatic nitrogens is 1. The van der Waals surface area contributed by atoms with Crippen molar-refractivity contribution in [2.75, 3.05) is 25.0 Å². The van der Waals surface area contributed by atoms with Gasteiger partial charge in [-0.05, 0) is 37.9 Å². The number of hydrogen-bond acceptors (Lipinski definition) is 4. The zero-order valence-corrected chi connectivity index (χ0v) is 12.9. The molecule has 0 spiro atoms. The van der Waals surface area contributed by atoms with Crippen molar-refractivity contribution in [1.29, 1.82) is 0 Å². The number of pyridine rings is 1. The van der Waals surface area contributed by atoms with E-state index in [1.54, 1.807) is 0 Å². The van der Waals surface area contributed by atoms with Crippen LogP contribution in [-0.4, -0.2) is 35.8 Å². The van der Waals surface area contributed by atoms with Gasteiger partial charge in [-0.1, -0.05) is 25.8 Å². The summed E-state index contributed by atoms with van der Waals surface area (Å²) in [5.74, 6) is 0.928. The molecule has 4 heteroatoms. The van der Waals surface area contributed by atoms with E-state index in [0.717, 1.165) is 38.0 Å². The van der Waals surface area contributed by atoms with Crippen LogP contribution in [0.25, 0.3) is 0 Å². The Morgan fingerprint density at radius 2 is 2.10 bits per heavy atom. The van der Waals surface area contributed by atoms with Gasteiger partial charge >= 0.3 is 0 Å². The van der Waals surface area contributed by atoms with E-state index in [-0.39, 0.29) is 0 Å². The lowest BCUT2D eigenvalue weighted by Gasteiger charge is -2.29. The molecule has 1 aromatic rings. The quantitative estimate of drug-likeness (QED) is 0.839. The van der Waals surface area contributed by atoms with Gasteiger partial charge in [0.15, 0.2) is 0 Å². The fourth-order valence-electron chi connectivity index (χ4n) is 3.02. The SMILES string of the molecule is CCNC(C)c1ccc(N(C)CC2(O)CCCC2)nc1. The Labute approximate surface area is 122 Å². The second-order valence-electron chi connectivity index (χ2n) is 6.02. The molecule has 1 aromatic heterocycles. The fourth-order valence-corrected chi connectivity index (χ4v) is 3.02. The van der Waals surface area contributed by atoms with E-state index >= 15 is 0 Å². The van der Waals surface area contributed by atoms with Crippen LogP contribution in [-0.2, 0) is 0 Å². The molecule has 1 aliphatic carbocycles. The van der Waals surface area contributed by atoms with Crippen LogP contribution in [0.1, 0.15) is 51.1 Å². The van der Waals surface area contributed by atoms with Crippen molar-refractivity contribution in [3.8, 4) is 0 Å². The number of rotatable bonds is 6. The first-order chi connectivity index (χ1) is 9.54. The van der Waals surface area contributed by atoms with Crippen molar-refractivity contribution in [2.45, 2.75) is 51.2 Å². The maximum atomic E-state index is 10.5. The molecule has 4 nitrogen and oxygen atoms in total. The smallest absolute Gasteiger partial charge is 0.128 e. The molecule has 1 heterocycles. The minimum Gasteiger partial charge on any atom is -0.388 e. The highest BCUT2D eigenvalue weighted by Crippen LogP contribution is 2.30. The third-order valence-corrected chi connectivity index (χ3v) is 4.24. The topological polar surface area (TPSA) is 48.4 Å². The predicted octanol–water partition coefficient (Wildman–Crippen LogP) is 2.49. The van der Waals surface area contributed by atoms with Gasteiger partial charge in [0.25, 0.3) is 0 Å². The van der Waals surface area contributed by atoms with E-state index in [2.05, 4.69) is 35.1 Å². The molecule has 1 aliphatic rings. The summed E-state index contributed by atoms with van der Waals surface area (Å²) in [5, 5.41) is 13.8. The molecule has 1 atom stereocenters. The molecule has 2 N–H and O–H groups in total. The van der Waals surface area contributed by atoms with Gasteiger partial charge in [-0.2, -0.15) is 0 Å². The Balaban J connectivity index is 1.98. The van der Waals surface area contributed by atoms with Gasteiger partial charge in [0.05, 0.1) is 5.60 Å². The van der Waals surface area contributed by atoms with Gasteiger partial charge in [0.1, 0.15) is 5.82 Å². The Kier molecular flexibility index (Phi) is 5.00. The average molecular weight is 277 g/mol. The van der Waals surface area contributed by atoms with Crippen LogP contribution < -0.4 is 10.2 Å². The zero-order valence-electron chi connectivity index (χ0n) is 12.9. The van der Waals surface area contributed by atoms with Gasteiger partial charge in [-0.15, -0.1) is 0 Å². The minimum atomic E-state index is -0.522. The number of nitrogens with zero attached hydrogens (tertiary/aromatic N) is 2. The molecular formula is C16H27N3O. The lowest BCUT2D eigenvalue weighted by Crippen LogP contribution is -2.39. The van der Waals surface area contributed by atoms with Gasteiger partial charge in [-0.3, -0.25) is 0 Å². The number of hydrogen-bond donors (Lipinski definition) is 2. The summed E-state index contributed by atoms with van der Waals surface area (Å²) in [6, 6.07) is 4.48. The normalized spacial score (nSPS) is 19.0. The number of likely N-dealkylation sites (N-methyl/N-ethyl adjacent to an activating group) is 1. The summed E-state index contributed by atoms with van der Waals surface area (Å²) in [6.07, 6.45) is 6.02. The summed E-state index contributed by atoms with van der Waals surface area (Å²) in [4.78, 5) is 6.59. The molecule has 1 fully saturated rings. The molecule has 0 bridgehead atoms. The standard InChI is InChI=1S/C16H27N3O/c1-4-17-13(2)14-7-8-15(18-11-14)19(3)12-16(20)9-5-6-10-16/h7-8,11,13,17,20H,4-6,9-10,12H2,1-3H3. The molecule has 1 saturated carbocycles. The van der Waals surface area contributed by atoms with Crippen LogP contribution in [0.4, 0.5) is 5.82 Å². The van der Waals surface area contributed by atoms with Gasteiger partial charge in [-0.25, -0.2) is 4.98 Å². The summed E-state index contributed by atoms with van der Waals surface area (Å²) >= 11 is 0. The van der Waals surface area contributed by atoms with Crippen LogP contribution >= 0.6 is 0 Å². The molecule has 0 amide bonds. The van der Waals surface area contributed by atoms with Gasteiger partial charge in [0.2, 0.25) is 0 Å². The Morgan fingerprint density at radius 1 is 1.40 bits per heavy atom. The van der Waals surface area contributed by atoms with E-state index in [4.69, 9.17) is 0 Å². The monoisotopic (exact) mass is 277 g/mol. The molecule has 0 aliphatic heterocycles. The van der Waals surface area contributed by atoms with E-state index < -0.39 is 5.60 Å². The molecule has 20 heavy (non-hydrogen) atoms. The van der Waals surface area contributed by atoms with Crippen molar-refractivity contribution in [1.82, 2.24) is 10.3 Å². The first-order valence-electron chi connectivity index (χ1n) is 7.67. The van der Waals surface area contributed by atoms with Gasteiger partial charge < -0.3 is 15.3 Å². The van der Waals surface area contributed by atoms with E-state index in [9.17, 15) is 5.11 Å². The highest BCUT2D eigenvalue weighted by molar-refractivity contribution is 5.39. The number of aliphatic hydroxyl groups is 1. The average Bonchev–Trinajstić information content (AvgIpc) is 2.85. The highest BCUT2D eigenvalue weighted by atomic mass is 16.3. The minimum absolute atomic E-state index is 0.325. The van der Waals surface area contributed by atoms with Crippen LogP contribution in [0.3, 0.4) is 0 Å². The van der Waals surface area contributed by atoms with Crippen LogP contribution in [0.15, 0.2) is 18.3 Å². The van der Waals surface area contributed by atoms with Crippen LogP contribution in [0.5, 0.6) is 0 Å². The Morgan fingerprint density at radius 3 is 2.65 bits per heavy atom. The second kappa shape index (κ2) is 6.55. The Bertz CT molecular complexity index is 412. The van der Waals surface area contributed by atoms with Gasteiger partial charge in [0, 0.05) is 25.8 Å². The molecule has 0 aromatic carbocycles. The van der Waals surface area contributed by atoms with Crippen molar-refractivity contribution < 1.29 is 5.11 Å². The third kappa shape index (κ3) is 3.70. The number of anilines is 1. The molecule has 0 saturated heterocycles. The fraction of sp³-hybridized carbons (Fsp3) is 0.688. The van der Waals surface area contributed by atoms with Crippen molar-refractivity contribution >= 4 is 5.82 Å². The first kappa shape index (κ1) is 15.3. The predicted molar refractivity (Wildman–Crippen MR) is 83.0 cm³/mol. The summed E-state index contributed by atoms with van der Waals surface area (Å²) < 4.78 is 0. The molecule has 2 rings (SSSR count). The van der Waals surface area contributed by atoms with Crippen molar-refractivity contribution in [2.24, 2.45) is 0 Å². The maximum Gasteiger partial charge on any atom is 0.128 e.